The third kappa shape index (κ3) is 5.71. The summed E-state index contributed by atoms with van der Waals surface area (Å²) in [4.78, 5) is 17.1. The van der Waals surface area contributed by atoms with E-state index in [0.29, 0.717) is 18.0 Å². The fourth-order valence-electron chi connectivity index (χ4n) is 3.87. The van der Waals surface area contributed by atoms with E-state index >= 15 is 0 Å². The number of likely N-dealkylation sites (tertiary alicyclic amines) is 1. The van der Waals surface area contributed by atoms with Gasteiger partial charge in [0.05, 0.1) is 0 Å². The Kier molecular flexibility index (Phi) is 7.14. The molecule has 1 heterocycles. The number of carbonyl (C=O) groups is 1. The summed E-state index contributed by atoms with van der Waals surface area (Å²) in [6.07, 6.45) is 2.11. The number of amides is 1. The molecule has 2 aromatic rings. The maximum atomic E-state index is 13.4. The van der Waals surface area contributed by atoms with Crippen LogP contribution < -0.4 is 4.90 Å². The largest absolute Gasteiger partial charge is 0.508 e. The van der Waals surface area contributed by atoms with E-state index in [0.717, 1.165) is 37.2 Å². The molecule has 0 spiro atoms. The quantitative estimate of drug-likeness (QED) is 0.698. The summed E-state index contributed by atoms with van der Waals surface area (Å²) >= 11 is 6.05. The number of hydrogen-bond donors (Lipinski definition) is 1. The first-order chi connectivity index (χ1) is 13.8. The minimum Gasteiger partial charge on any atom is -0.508 e. The highest BCUT2D eigenvalue weighted by atomic mass is 35.5. The molecule has 2 aromatic carbocycles. The highest BCUT2D eigenvalue weighted by Crippen LogP contribution is 2.28. The van der Waals surface area contributed by atoms with Crippen molar-refractivity contribution in [3.63, 3.8) is 0 Å². The molecule has 3 rings (SSSR count). The second-order valence-electron chi connectivity index (χ2n) is 8.12. The lowest BCUT2D eigenvalue weighted by atomic mass is 9.99. The maximum absolute atomic E-state index is 13.4. The van der Waals surface area contributed by atoms with Crippen molar-refractivity contribution in [1.82, 2.24) is 4.90 Å². The predicted molar refractivity (Wildman–Crippen MR) is 115 cm³/mol. The maximum Gasteiger partial charge on any atom is 0.227 e. The first kappa shape index (κ1) is 21.6. The number of nitrogens with zero attached hydrogens (tertiary/aromatic N) is 2. The second-order valence-corrected chi connectivity index (χ2v) is 8.55. The molecule has 0 unspecified atom stereocenters. The number of halogens is 2. The number of hydrogen-bond acceptors (Lipinski definition) is 3. The topological polar surface area (TPSA) is 43.8 Å². The van der Waals surface area contributed by atoms with Crippen molar-refractivity contribution in [3.8, 4) is 5.75 Å². The minimum absolute atomic E-state index is 0.0796. The molecule has 1 N–H and O–H groups in total. The lowest BCUT2D eigenvalue weighted by Crippen LogP contribution is -2.47. The summed E-state index contributed by atoms with van der Waals surface area (Å²) in [5.41, 5.74) is 1.56. The monoisotopic (exact) mass is 418 g/mol. The van der Waals surface area contributed by atoms with Crippen LogP contribution >= 0.6 is 11.6 Å². The van der Waals surface area contributed by atoms with Crippen molar-refractivity contribution in [2.24, 2.45) is 5.92 Å². The first-order valence-electron chi connectivity index (χ1n) is 10.1. The molecule has 0 bridgehead atoms. The Balaban J connectivity index is 1.70. The zero-order chi connectivity index (χ0) is 21.0. The molecule has 4 nitrogen and oxygen atoms in total. The van der Waals surface area contributed by atoms with E-state index in [2.05, 4.69) is 4.90 Å². The van der Waals surface area contributed by atoms with E-state index in [9.17, 15) is 14.3 Å². The molecule has 1 aliphatic rings. The Hall–Kier alpha value is -2.11. The molecule has 29 heavy (non-hydrogen) atoms. The van der Waals surface area contributed by atoms with Crippen LogP contribution in [0, 0.1) is 11.7 Å². The van der Waals surface area contributed by atoms with Gasteiger partial charge in [0.2, 0.25) is 5.91 Å². The molecule has 0 aliphatic carbocycles. The molecule has 1 saturated heterocycles. The van der Waals surface area contributed by atoms with Gasteiger partial charge in [0, 0.05) is 48.4 Å². The Morgan fingerprint density at radius 2 is 1.86 bits per heavy atom. The average molecular weight is 419 g/mol. The highest BCUT2D eigenvalue weighted by molar-refractivity contribution is 6.30. The molecule has 0 aromatic heterocycles. The highest BCUT2D eigenvalue weighted by Gasteiger charge is 2.29. The molecular weight excluding hydrogens is 391 g/mol. The van der Waals surface area contributed by atoms with E-state index in [-0.39, 0.29) is 29.4 Å². The summed E-state index contributed by atoms with van der Waals surface area (Å²) in [6, 6.07) is 11.3. The molecular formula is C23H28ClFN2O2. The fourth-order valence-corrected chi connectivity index (χ4v) is 4.06. The van der Waals surface area contributed by atoms with Crippen LogP contribution in [0.25, 0.3) is 0 Å². The molecule has 1 fully saturated rings. The normalized spacial score (nSPS) is 15.6. The van der Waals surface area contributed by atoms with Crippen molar-refractivity contribution in [2.45, 2.75) is 45.7 Å². The van der Waals surface area contributed by atoms with E-state index in [1.165, 1.54) is 12.1 Å². The number of phenolic OH excluding ortho intramolecular Hbond substituents is 1. The Morgan fingerprint density at radius 1 is 1.21 bits per heavy atom. The number of benzene rings is 2. The number of piperidine rings is 1. The summed E-state index contributed by atoms with van der Waals surface area (Å²) in [5, 5.41) is 10.7. The minimum atomic E-state index is -0.304. The number of phenols is 1. The van der Waals surface area contributed by atoms with Gasteiger partial charge in [-0.2, -0.15) is 0 Å². The number of anilines is 1. The van der Waals surface area contributed by atoms with Gasteiger partial charge in [0.1, 0.15) is 11.6 Å². The Bertz CT molecular complexity index is 833. The van der Waals surface area contributed by atoms with Gasteiger partial charge in [-0.1, -0.05) is 25.4 Å². The Labute approximate surface area is 176 Å². The zero-order valence-corrected chi connectivity index (χ0v) is 17.7. The third-order valence-electron chi connectivity index (χ3n) is 5.31. The lowest BCUT2D eigenvalue weighted by Gasteiger charge is -2.39. The predicted octanol–water partition coefficient (Wildman–Crippen LogP) is 5.23. The summed E-state index contributed by atoms with van der Waals surface area (Å²) in [7, 11) is 0. The average Bonchev–Trinajstić information content (AvgIpc) is 2.67. The molecule has 156 valence electrons. The van der Waals surface area contributed by atoms with Crippen LogP contribution in [0.1, 0.15) is 38.7 Å². The van der Waals surface area contributed by atoms with E-state index in [4.69, 9.17) is 11.6 Å². The van der Waals surface area contributed by atoms with Crippen LogP contribution in [0.5, 0.6) is 5.75 Å². The standard InChI is InChI=1S/C23H28ClFN2O2/c1-16(2)13-23(29)27(20-6-4-19(25)5-7-20)21-9-11-26(12-10-21)15-17-14-18(24)3-8-22(17)28/h3-8,14,16,21,28H,9-13,15H2,1-2H3. The van der Waals surface area contributed by atoms with Crippen molar-refractivity contribution >= 4 is 23.2 Å². The second kappa shape index (κ2) is 9.59. The van der Waals surface area contributed by atoms with E-state index in [1.54, 1.807) is 30.3 Å². The summed E-state index contributed by atoms with van der Waals surface area (Å²) in [5.74, 6) is 0.284. The molecule has 1 aliphatic heterocycles. The molecule has 0 atom stereocenters. The van der Waals surface area contributed by atoms with Crippen molar-refractivity contribution in [3.05, 3.63) is 58.9 Å². The van der Waals surface area contributed by atoms with Crippen LogP contribution in [-0.4, -0.2) is 35.0 Å². The van der Waals surface area contributed by atoms with Gasteiger partial charge in [-0.05, 0) is 61.2 Å². The molecule has 0 radical (unpaired) electrons. The smallest absolute Gasteiger partial charge is 0.227 e. The van der Waals surface area contributed by atoms with Gasteiger partial charge in [-0.25, -0.2) is 4.39 Å². The van der Waals surface area contributed by atoms with Crippen molar-refractivity contribution in [1.29, 1.82) is 0 Å². The van der Waals surface area contributed by atoms with E-state index < -0.39 is 0 Å². The van der Waals surface area contributed by atoms with Crippen LogP contribution in [0.15, 0.2) is 42.5 Å². The number of aromatic hydroxyl groups is 1. The number of rotatable bonds is 6. The number of carbonyl (C=O) groups excluding carboxylic acids is 1. The van der Waals surface area contributed by atoms with Gasteiger partial charge in [-0.15, -0.1) is 0 Å². The first-order valence-corrected chi connectivity index (χ1v) is 10.5. The molecule has 1 amide bonds. The van der Waals surface area contributed by atoms with Crippen LogP contribution in [-0.2, 0) is 11.3 Å². The van der Waals surface area contributed by atoms with E-state index in [1.807, 2.05) is 18.7 Å². The van der Waals surface area contributed by atoms with Gasteiger partial charge >= 0.3 is 0 Å². The van der Waals surface area contributed by atoms with Gasteiger partial charge < -0.3 is 10.0 Å². The fraction of sp³-hybridized carbons (Fsp3) is 0.435. The van der Waals surface area contributed by atoms with Crippen LogP contribution in [0.4, 0.5) is 10.1 Å². The third-order valence-corrected chi connectivity index (χ3v) is 5.55. The van der Waals surface area contributed by atoms with Crippen molar-refractivity contribution < 1.29 is 14.3 Å². The van der Waals surface area contributed by atoms with Crippen LogP contribution in [0.3, 0.4) is 0 Å². The van der Waals surface area contributed by atoms with Gasteiger partial charge in [-0.3, -0.25) is 9.69 Å². The van der Waals surface area contributed by atoms with Crippen molar-refractivity contribution in [2.75, 3.05) is 18.0 Å². The summed E-state index contributed by atoms with van der Waals surface area (Å²) < 4.78 is 13.4. The van der Waals surface area contributed by atoms with Gasteiger partial charge in [0.25, 0.3) is 0 Å². The summed E-state index contributed by atoms with van der Waals surface area (Å²) in [6.45, 7) is 6.30. The lowest BCUT2D eigenvalue weighted by molar-refractivity contribution is -0.120. The SMILES string of the molecule is CC(C)CC(=O)N(c1ccc(F)cc1)C1CCN(Cc2cc(Cl)ccc2O)CC1. The zero-order valence-electron chi connectivity index (χ0n) is 16.9. The van der Waals surface area contributed by atoms with Crippen LogP contribution in [0.2, 0.25) is 5.02 Å². The molecule has 6 heteroatoms. The Morgan fingerprint density at radius 3 is 2.48 bits per heavy atom. The van der Waals surface area contributed by atoms with Gasteiger partial charge in [0.15, 0.2) is 0 Å². The molecule has 0 saturated carbocycles.